The summed E-state index contributed by atoms with van der Waals surface area (Å²) < 4.78 is 1.55. The number of imide groups is 1. The Bertz CT molecular complexity index is 1300. The molecule has 0 aliphatic carbocycles. The first-order chi connectivity index (χ1) is 17.6. The number of pyridine rings is 1. The van der Waals surface area contributed by atoms with E-state index in [-0.39, 0.29) is 18.4 Å². The number of rotatable bonds is 7. The second-order valence-corrected chi connectivity index (χ2v) is 9.61. The van der Waals surface area contributed by atoms with Crippen LogP contribution in [0.3, 0.4) is 0 Å². The molecule has 0 saturated carbocycles. The smallest absolute Gasteiger partial charge is 0.325 e. The Morgan fingerprint density at radius 2 is 1.92 bits per heavy atom. The number of β-lactam (4-membered cyclic amide) rings is 1. The number of aryl methyl sites for hydroxylation is 2. The molecule has 1 aromatic carbocycles. The monoisotopic (exact) mass is 523 g/mol. The molecule has 3 heterocycles. The van der Waals surface area contributed by atoms with Crippen molar-refractivity contribution in [1.82, 2.24) is 25.0 Å². The molecule has 1 aliphatic heterocycles. The van der Waals surface area contributed by atoms with Gasteiger partial charge in [-0.25, -0.2) is 9.78 Å². The highest BCUT2D eigenvalue weighted by Gasteiger charge is 2.55. The van der Waals surface area contributed by atoms with Gasteiger partial charge in [0.25, 0.3) is 5.91 Å². The van der Waals surface area contributed by atoms with Gasteiger partial charge in [-0.1, -0.05) is 30.7 Å². The van der Waals surface area contributed by atoms with E-state index in [1.54, 1.807) is 49.2 Å². The number of aromatic nitrogens is 3. The molecule has 1 aliphatic rings. The zero-order valence-corrected chi connectivity index (χ0v) is 21.9. The van der Waals surface area contributed by atoms with Crippen LogP contribution in [0.15, 0.2) is 48.7 Å². The summed E-state index contributed by atoms with van der Waals surface area (Å²) in [7, 11) is 3.32. The van der Waals surface area contributed by atoms with Gasteiger partial charge in [0.05, 0.1) is 18.2 Å². The maximum Gasteiger partial charge on any atom is 0.325 e. The molecule has 1 unspecified atom stereocenters. The van der Waals surface area contributed by atoms with E-state index in [0.717, 1.165) is 16.0 Å². The van der Waals surface area contributed by atoms with E-state index in [1.807, 2.05) is 32.0 Å². The van der Waals surface area contributed by atoms with Gasteiger partial charge in [-0.05, 0) is 55.2 Å². The van der Waals surface area contributed by atoms with Crippen molar-refractivity contribution in [2.24, 2.45) is 13.0 Å². The van der Waals surface area contributed by atoms with Gasteiger partial charge >= 0.3 is 6.03 Å². The van der Waals surface area contributed by atoms with Crippen molar-refractivity contribution >= 4 is 41.1 Å². The number of amides is 4. The van der Waals surface area contributed by atoms with Crippen LogP contribution in [0.5, 0.6) is 0 Å². The number of anilines is 2. The summed E-state index contributed by atoms with van der Waals surface area (Å²) in [6, 6.07) is 10.4. The molecule has 3 N–H and O–H groups in total. The molecule has 37 heavy (non-hydrogen) atoms. The lowest BCUT2D eigenvalue weighted by atomic mass is 9.81. The van der Waals surface area contributed by atoms with Gasteiger partial charge in [-0.15, -0.1) is 0 Å². The van der Waals surface area contributed by atoms with E-state index in [0.29, 0.717) is 28.8 Å². The number of carbonyl (C=O) groups excluding carboxylic acids is 3. The van der Waals surface area contributed by atoms with E-state index in [4.69, 9.17) is 17.3 Å². The second-order valence-electron chi connectivity index (χ2n) is 9.18. The van der Waals surface area contributed by atoms with Crippen molar-refractivity contribution in [3.05, 3.63) is 70.5 Å². The predicted octanol–water partition coefficient (Wildman–Crippen LogP) is 3.25. The molecule has 3 aromatic rings. The molecule has 10 nitrogen and oxygen atoms in total. The summed E-state index contributed by atoms with van der Waals surface area (Å²) in [5.41, 5.74) is 8.23. The van der Waals surface area contributed by atoms with Crippen LogP contribution in [0.25, 0.3) is 0 Å². The SMILES string of the molecule is CCC(NC(=O)N1C(=O)[C@H](Cc2cc(C)nc(N)c2)[C@H]1C(=O)N(C)c1ccnn1C)c1ccc(Cl)cc1. The normalized spacial score (nSPS) is 17.8. The van der Waals surface area contributed by atoms with Gasteiger partial charge in [0.1, 0.15) is 17.7 Å². The Hall–Kier alpha value is -3.92. The summed E-state index contributed by atoms with van der Waals surface area (Å²) in [5, 5.41) is 7.62. The number of carbonyl (C=O) groups is 3. The number of hydrogen-bond donors (Lipinski definition) is 2. The standard InChI is InChI=1S/C26H30ClN7O3/c1-5-20(17-6-8-18(27)9-7-17)31-26(37)34-23(25(36)32(3)22-10-11-29-33(22)4)19(24(34)35)13-16-12-15(2)30-21(28)14-16/h6-12,14,19-20,23H,5,13H2,1-4H3,(H2,28,30)(H,31,37)/t19-,20?,23+/m1/s1. The molecule has 194 valence electrons. The van der Waals surface area contributed by atoms with E-state index in [2.05, 4.69) is 15.4 Å². The number of nitrogens with one attached hydrogen (secondary N) is 1. The molecule has 0 radical (unpaired) electrons. The number of nitrogen functional groups attached to an aromatic ring is 1. The first-order valence-corrected chi connectivity index (χ1v) is 12.4. The number of hydrogen-bond acceptors (Lipinski definition) is 6. The maximum absolute atomic E-state index is 13.7. The van der Waals surface area contributed by atoms with Crippen LogP contribution in [0.1, 0.15) is 36.2 Å². The van der Waals surface area contributed by atoms with Crippen molar-refractivity contribution in [2.75, 3.05) is 17.7 Å². The number of nitrogens with two attached hydrogens (primary N) is 1. The van der Waals surface area contributed by atoms with Crippen LogP contribution in [-0.4, -0.2) is 50.6 Å². The van der Waals surface area contributed by atoms with Crippen LogP contribution in [0.2, 0.25) is 5.02 Å². The van der Waals surface area contributed by atoms with Crippen LogP contribution < -0.4 is 16.0 Å². The van der Waals surface area contributed by atoms with Gasteiger partial charge in [0.2, 0.25) is 5.91 Å². The quantitative estimate of drug-likeness (QED) is 0.458. The summed E-state index contributed by atoms with van der Waals surface area (Å²) in [6.07, 6.45) is 2.41. The van der Waals surface area contributed by atoms with Gasteiger partial charge in [0, 0.05) is 30.9 Å². The number of likely N-dealkylation sites (N-methyl/N-ethyl adjacent to an activating group) is 1. The minimum atomic E-state index is -0.996. The van der Waals surface area contributed by atoms with Crippen molar-refractivity contribution in [1.29, 1.82) is 0 Å². The van der Waals surface area contributed by atoms with E-state index in [1.165, 1.54) is 4.90 Å². The largest absolute Gasteiger partial charge is 0.384 e. The Kier molecular flexibility index (Phi) is 7.49. The third-order valence-corrected chi connectivity index (χ3v) is 6.87. The molecule has 1 fully saturated rings. The Labute approximate surface area is 220 Å². The van der Waals surface area contributed by atoms with Gasteiger partial charge in [0.15, 0.2) is 0 Å². The number of halogens is 1. The Morgan fingerprint density at radius 1 is 1.22 bits per heavy atom. The predicted molar refractivity (Wildman–Crippen MR) is 141 cm³/mol. The average Bonchev–Trinajstić information content (AvgIpc) is 3.28. The molecular weight excluding hydrogens is 494 g/mol. The highest BCUT2D eigenvalue weighted by atomic mass is 35.5. The maximum atomic E-state index is 13.7. The summed E-state index contributed by atoms with van der Waals surface area (Å²) >= 11 is 6.01. The van der Waals surface area contributed by atoms with E-state index in [9.17, 15) is 14.4 Å². The third kappa shape index (κ3) is 5.29. The van der Waals surface area contributed by atoms with Crippen LogP contribution in [0.4, 0.5) is 16.4 Å². The van der Waals surface area contributed by atoms with Crippen molar-refractivity contribution in [3.63, 3.8) is 0 Å². The number of urea groups is 1. The summed E-state index contributed by atoms with van der Waals surface area (Å²) in [4.78, 5) is 47.0. The first-order valence-electron chi connectivity index (χ1n) is 12.0. The first kappa shape index (κ1) is 26.2. The van der Waals surface area contributed by atoms with Gasteiger partial charge in [-0.2, -0.15) is 5.10 Å². The lowest BCUT2D eigenvalue weighted by Gasteiger charge is -2.46. The lowest BCUT2D eigenvalue weighted by Crippen LogP contribution is -2.70. The highest BCUT2D eigenvalue weighted by molar-refractivity contribution is 6.30. The Morgan fingerprint density at radius 3 is 2.51 bits per heavy atom. The zero-order valence-electron chi connectivity index (χ0n) is 21.2. The van der Waals surface area contributed by atoms with Crippen molar-refractivity contribution < 1.29 is 14.4 Å². The van der Waals surface area contributed by atoms with Gasteiger partial charge < -0.3 is 11.1 Å². The minimum Gasteiger partial charge on any atom is -0.384 e. The third-order valence-electron chi connectivity index (χ3n) is 6.62. The molecule has 0 bridgehead atoms. The minimum absolute atomic E-state index is 0.250. The zero-order chi connectivity index (χ0) is 26.9. The Balaban J connectivity index is 1.61. The van der Waals surface area contributed by atoms with Gasteiger partial charge in [-0.3, -0.25) is 24.1 Å². The van der Waals surface area contributed by atoms with Crippen LogP contribution >= 0.6 is 11.6 Å². The molecule has 11 heteroatoms. The van der Waals surface area contributed by atoms with Crippen molar-refractivity contribution in [2.45, 2.75) is 38.8 Å². The lowest BCUT2D eigenvalue weighted by molar-refractivity contribution is -0.156. The van der Waals surface area contributed by atoms with Crippen LogP contribution in [-0.2, 0) is 23.1 Å². The molecule has 2 aromatic heterocycles. The van der Waals surface area contributed by atoms with Crippen molar-refractivity contribution in [3.8, 4) is 0 Å². The fourth-order valence-corrected chi connectivity index (χ4v) is 4.86. The fourth-order valence-electron chi connectivity index (χ4n) is 4.74. The topological polar surface area (TPSA) is 126 Å². The number of benzene rings is 1. The van der Waals surface area contributed by atoms with E-state index >= 15 is 0 Å². The molecule has 0 spiro atoms. The number of likely N-dealkylation sites (tertiary alicyclic amines) is 1. The molecular formula is C26H30ClN7O3. The average molecular weight is 524 g/mol. The summed E-state index contributed by atoms with van der Waals surface area (Å²) in [5.74, 6) is -0.666. The number of nitrogens with zero attached hydrogens (tertiary/aromatic N) is 5. The van der Waals surface area contributed by atoms with Crippen LogP contribution in [0, 0.1) is 12.8 Å². The van der Waals surface area contributed by atoms with E-state index < -0.39 is 23.9 Å². The molecule has 3 atom stereocenters. The summed E-state index contributed by atoms with van der Waals surface area (Å²) in [6.45, 7) is 3.73. The highest BCUT2D eigenvalue weighted by Crippen LogP contribution is 2.33. The molecule has 4 amide bonds. The molecule has 4 rings (SSSR count). The fraction of sp³-hybridized carbons (Fsp3) is 0.346. The second kappa shape index (κ2) is 10.6. The molecule has 1 saturated heterocycles.